The Kier molecular flexibility index (Phi) is 6.01. The second kappa shape index (κ2) is 8.43. The highest BCUT2D eigenvalue weighted by Gasteiger charge is 2.30. The molecule has 2 aromatic carbocycles. The van der Waals surface area contributed by atoms with Gasteiger partial charge in [-0.15, -0.1) is 0 Å². The first-order chi connectivity index (χ1) is 12.6. The predicted octanol–water partition coefficient (Wildman–Crippen LogP) is 3.17. The van der Waals surface area contributed by atoms with Crippen LogP contribution in [0.5, 0.6) is 5.75 Å². The van der Waals surface area contributed by atoms with E-state index in [1.807, 2.05) is 23.1 Å². The van der Waals surface area contributed by atoms with Gasteiger partial charge >= 0.3 is 5.97 Å². The summed E-state index contributed by atoms with van der Waals surface area (Å²) >= 11 is 6.09. The minimum Gasteiger partial charge on any atom is -0.496 e. The van der Waals surface area contributed by atoms with Crippen LogP contribution >= 0.6 is 11.6 Å². The number of rotatable bonds is 6. The molecule has 1 heterocycles. The molecule has 0 aliphatic carbocycles. The van der Waals surface area contributed by atoms with Gasteiger partial charge in [0.1, 0.15) is 11.8 Å². The first-order valence-corrected chi connectivity index (χ1v) is 9.05. The lowest BCUT2D eigenvalue weighted by molar-refractivity contribution is -0.143. The molecule has 3 rings (SSSR count). The van der Waals surface area contributed by atoms with Crippen LogP contribution < -0.4 is 9.64 Å². The molecule has 1 aliphatic rings. The average Bonchev–Trinajstić information content (AvgIpc) is 2.67. The first kappa shape index (κ1) is 18.5. The molecule has 1 N–H and O–H groups in total. The summed E-state index contributed by atoms with van der Waals surface area (Å²) in [6.45, 7) is 3.02. The van der Waals surface area contributed by atoms with E-state index in [-0.39, 0.29) is 0 Å². The Hall–Kier alpha value is -2.24. The largest absolute Gasteiger partial charge is 0.496 e. The van der Waals surface area contributed by atoms with Gasteiger partial charge in [0.15, 0.2) is 0 Å². The molecule has 0 saturated carbocycles. The number of para-hydroxylation sites is 1. The molecule has 1 saturated heterocycles. The predicted molar refractivity (Wildman–Crippen MR) is 103 cm³/mol. The maximum absolute atomic E-state index is 11.9. The first-order valence-electron chi connectivity index (χ1n) is 8.67. The van der Waals surface area contributed by atoms with Crippen molar-refractivity contribution < 1.29 is 14.6 Å². The number of carbonyl (C=O) groups is 1. The van der Waals surface area contributed by atoms with Gasteiger partial charge < -0.3 is 14.7 Å². The van der Waals surface area contributed by atoms with Crippen molar-refractivity contribution in [2.45, 2.75) is 12.5 Å². The minimum atomic E-state index is -0.819. The van der Waals surface area contributed by atoms with Crippen molar-refractivity contribution in [3.63, 3.8) is 0 Å². The average molecular weight is 375 g/mol. The maximum Gasteiger partial charge on any atom is 0.321 e. The molecule has 0 unspecified atom stereocenters. The van der Waals surface area contributed by atoms with Crippen LogP contribution in [0.25, 0.3) is 0 Å². The fourth-order valence-corrected chi connectivity index (χ4v) is 3.61. The summed E-state index contributed by atoms with van der Waals surface area (Å²) in [7, 11) is 1.58. The van der Waals surface area contributed by atoms with Crippen molar-refractivity contribution in [2.75, 3.05) is 38.2 Å². The van der Waals surface area contributed by atoms with Crippen molar-refractivity contribution in [1.29, 1.82) is 0 Å². The Morgan fingerprint density at radius 2 is 1.85 bits per heavy atom. The zero-order chi connectivity index (χ0) is 18.5. The molecule has 2 aromatic rings. The van der Waals surface area contributed by atoms with Gasteiger partial charge in [-0.1, -0.05) is 29.8 Å². The molecule has 0 radical (unpaired) electrons. The highest BCUT2D eigenvalue weighted by Crippen LogP contribution is 2.26. The highest BCUT2D eigenvalue weighted by molar-refractivity contribution is 6.30. The van der Waals surface area contributed by atoms with E-state index in [4.69, 9.17) is 16.3 Å². The molecule has 5 nitrogen and oxygen atoms in total. The van der Waals surface area contributed by atoms with E-state index in [0.717, 1.165) is 18.7 Å². The maximum atomic E-state index is 11.9. The normalized spacial score (nSPS) is 16.3. The smallest absolute Gasteiger partial charge is 0.321 e. The van der Waals surface area contributed by atoms with Crippen molar-refractivity contribution >= 4 is 23.3 Å². The fourth-order valence-electron chi connectivity index (χ4n) is 3.42. The van der Waals surface area contributed by atoms with E-state index in [1.54, 1.807) is 25.3 Å². The number of carboxylic acids is 1. The van der Waals surface area contributed by atoms with Crippen LogP contribution in [0.3, 0.4) is 0 Å². The summed E-state index contributed by atoms with van der Waals surface area (Å²) in [5, 5.41) is 10.4. The lowest BCUT2D eigenvalue weighted by Crippen LogP contribution is -2.53. The van der Waals surface area contributed by atoms with E-state index in [2.05, 4.69) is 17.0 Å². The number of aliphatic carboxylic acids is 1. The van der Waals surface area contributed by atoms with Crippen LogP contribution in [0, 0.1) is 0 Å². The molecule has 138 valence electrons. The molecular weight excluding hydrogens is 352 g/mol. The van der Waals surface area contributed by atoms with Crippen LogP contribution in [0.2, 0.25) is 5.02 Å². The summed E-state index contributed by atoms with van der Waals surface area (Å²) < 4.78 is 5.36. The van der Waals surface area contributed by atoms with E-state index in [0.29, 0.717) is 30.3 Å². The van der Waals surface area contributed by atoms with E-state index in [1.165, 1.54) is 5.69 Å². The number of hydrogen-bond acceptors (Lipinski definition) is 4. The number of ether oxygens (including phenoxy) is 1. The SMILES string of the molecule is COc1ccc(Cl)cc1C[C@H](C(=O)O)N1CCN(c2ccccc2)CC1. The lowest BCUT2D eigenvalue weighted by atomic mass is 10.0. The molecule has 0 bridgehead atoms. The van der Waals surface area contributed by atoms with Crippen LogP contribution in [0.1, 0.15) is 5.56 Å². The quantitative estimate of drug-likeness (QED) is 0.841. The molecule has 1 atom stereocenters. The van der Waals surface area contributed by atoms with Gasteiger partial charge in [0.2, 0.25) is 0 Å². The van der Waals surface area contributed by atoms with Crippen molar-refractivity contribution in [3.8, 4) is 5.75 Å². The van der Waals surface area contributed by atoms with E-state index < -0.39 is 12.0 Å². The van der Waals surface area contributed by atoms with Gasteiger partial charge in [0.05, 0.1) is 7.11 Å². The molecule has 1 fully saturated rings. The summed E-state index contributed by atoms with van der Waals surface area (Å²) in [6.07, 6.45) is 0.365. The van der Waals surface area contributed by atoms with Crippen molar-refractivity contribution in [3.05, 3.63) is 59.1 Å². The number of anilines is 1. The second-order valence-electron chi connectivity index (χ2n) is 6.37. The highest BCUT2D eigenvalue weighted by atomic mass is 35.5. The number of nitrogens with zero attached hydrogens (tertiary/aromatic N) is 2. The van der Waals surface area contributed by atoms with Gasteiger partial charge in [0.25, 0.3) is 0 Å². The summed E-state index contributed by atoms with van der Waals surface area (Å²) in [5.41, 5.74) is 1.99. The number of carboxylic acid groups (broad SMARTS) is 1. The summed E-state index contributed by atoms with van der Waals surface area (Å²) in [4.78, 5) is 16.2. The van der Waals surface area contributed by atoms with Crippen LogP contribution in [-0.4, -0.2) is 55.3 Å². The molecule has 26 heavy (non-hydrogen) atoms. The van der Waals surface area contributed by atoms with Gasteiger partial charge in [-0.3, -0.25) is 9.69 Å². The summed E-state index contributed by atoms with van der Waals surface area (Å²) in [5.74, 6) is -0.149. The Morgan fingerprint density at radius 3 is 2.46 bits per heavy atom. The number of piperazine rings is 1. The zero-order valence-corrected chi connectivity index (χ0v) is 15.5. The van der Waals surface area contributed by atoms with Crippen LogP contribution in [0.15, 0.2) is 48.5 Å². The Labute approximate surface area is 158 Å². The fraction of sp³-hybridized carbons (Fsp3) is 0.350. The third kappa shape index (κ3) is 4.29. The minimum absolute atomic E-state index is 0.365. The number of methoxy groups -OCH3 is 1. The van der Waals surface area contributed by atoms with Gasteiger partial charge in [-0.2, -0.15) is 0 Å². The molecule has 0 spiro atoms. The van der Waals surface area contributed by atoms with Gasteiger partial charge in [-0.05, 0) is 35.9 Å². The molecule has 6 heteroatoms. The standard InChI is InChI=1S/C20H23ClN2O3/c1-26-19-8-7-16(21)13-15(19)14-18(20(24)25)23-11-9-22(10-12-23)17-5-3-2-4-6-17/h2-8,13,18H,9-12,14H2,1H3,(H,24,25)/t18-/m1/s1. The van der Waals surface area contributed by atoms with Gasteiger partial charge in [-0.25, -0.2) is 0 Å². The van der Waals surface area contributed by atoms with Crippen LogP contribution in [0.4, 0.5) is 5.69 Å². The second-order valence-corrected chi connectivity index (χ2v) is 6.81. The van der Waals surface area contributed by atoms with Crippen molar-refractivity contribution in [2.24, 2.45) is 0 Å². The zero-order valence-electron chi connectivity index (χ0n) is 14.8. The van der Waals surface area contributed by atoms with E-state index in [9.17, 15) is 9.90 Å². The molecular formula is C20H23ClN2O3. The Morgan fingerprint density at radius 1 is 1.15 bits per heavy atom. The van der Waals surface area contributed by atoms with Gasteiger partial charge in [0, 0.05) is 43.3 Å². The monoisotopic (exact) mass is 374 g/mol. The third-order valence-electron chi connectivity index (χ3n) is 4.82. The third-order valence-corrected chi connectivity index (χ3v) is 5.05. The summed E-state index contributed by atoms with van der Waals surface area (Å²) in [6, 6.07) is 14.9. The number of benzene rings is 2. The van der Waals surface area contributed by atoms with Crippen molar-refractivity contribution in [1.82, 2.24) is 4.90 Å². The van der Waals surface area contributed by atoms with Crippen LogP contribution in [-0.2, 0) is 11.2 Å². The topological polar surface area (TPSA) is 53.0 Å². The Balaban J connectivity index is 1.70. The lowest BCUT2D eigenvalue weighted by Gasteiger charge is -2.39. The molecule has 0 amide bonds. The molecule has 0 aromatic heterocycles. The number of hydrogen-bond donors (Lipinski definition) is 1. The van der Waals surface area contributed by atoms with E-state index >= 15 is 0 Å². The Bertz CT molecular complexity index is 746. The molecule has 1 aliphatic heterocycles. The number of halogens is 1.